The van der Waals surface area contributed by atoms with Crippen molar-refractivity contribution < 1.29 is 19.5 Å². The lowest BCUT2D eigenvalue weighted by molar-refractivity contribution is -0.140. The number of rotatable bonds is 3. The maximum absolute atomic E-state index is 11.9. The number of carbonyl (C=O) groups is 3. The van der Waals surface area contributed by atoms with Crippen molar-refractivity contribution in [3.8, 4) is 0 Å². The monoisotopic (exact) mass is 314 g/mol. The molecule has 104 valence electrons. The number of carboxylic acid groups (broad SMARTS) is 1. The summed E-state index contributed by atoms with van der Waals surface area (Å²) in [6.45, 7) is -0.698. The first-order valence-corrected chi connectivity index (χ1v) is 6.15. The van der Waals surface area contributed by atoms with E-state index in [1.54, 1.807) is 12.1 Å². The van der Waals surface area contributed by atoms with Crippen molar-refractivity contribution in [1.82, 2.24) is 10.2 Å². The van der Waals surface area contributed by atoms with Gasteiger partial charge in [0.15, 0.2) is 0 Å². The van der Waals surface area contributed by atoms with Crippen molar-refractivity contribution in [2.75, 3.05) is 6.54 Å². The van der Waals surface area contributed by atoms with Gasteiger partial charge in [-0.05, 0) is 23.8 Å². The van der Waals surface area contributed by atoms with Crippen LogP contribution in [-0.2, 0) is 9.59 Å². The maximum Gasteiger partial charge on any atom is 0.329 e. The lowest BCUT2D eigenvalue weighted by Gasteiger charge is -2.06. The lowest BCUT2D eigenvalue weighted by Crippen LogP contribution is -2.35. The SMILES string of the molecule is O=C(O)CN1C(=O)N/C(=C/c2ccc(Cl)cc2Cl)C1=O. The molecule has 0 unspecified atom stereocenters. The predicted molar refractivity (Wildman–Crippen MR) is 72.3 cm³/mol. The van der Waals surface area contributed by atoms with Crippen LogP contribution in [0.3, 0.4) is 0 Å². The highest BCUT2D eigenvalue weighted by molar-refractivity contribution is 6.35. The summed E-state index contributed by atoms with van der Waals surface area (Å²) in [7, 11) is 0. The summed E-state index contributed by atoms with van der Waals surface area (Å²) >= 11 is 11.7. The Morgan fingerprint density at radius 2 is 2.05 bits per heavy atom. The fourth-order valence-electron chi connectivity index (χ4n) is 1.62. The van der Waals surface area contributed by atoms with Crippen LogP contribution in [0.25, 0.3) is 6.08 Å². The number of hydrogen-bond acceptors (Lipinski definition) is 3. The first kappa shape index (κ1) is 14.4. The van der Waals surface area contributed by atoms with Crippen molar-refractivity contribution >= 4 is 47.2 Å². The van der Waals surface area contributed by atoms with E-state index in [-0.39, 0.29) is 5.70 Å². The Morgan fingerprint density at radius 3 is 2.65 bits per heavy atom. The number of aliphatic carboxylic acids is 1. The number of amides is 3. The highest BCUT2D eigenvalue weighted by Crippen LogP contribution is 2.24. The van der Waals surface area contributed by atoms with Crippen LogP contribution in [0.5, 0.6) is 0 Å². The van der Waals surface area contributed by atoms with Crippen molar-refractivity contribution in [2.45, 2.75) is 0 Å². The molecule has 0 spiro atoms. The van der Waals surface area contributed by atoms with Gasteiger partial charge in [0.05, 0.1) is 0 Å². The molecular formula is C12H8Cl2N2O4. The standard InChI is InChI=1S/C12H8Cl2N2O4/c13-7-2-1-6(8(14)4-7)3-9-11(19)16(5-10(17)18)12(20)15-9/h1-4H,5H2,(H,15,20)(H,17,18)/b9-3+. The van der Waals surface area contributed by atoms with Crippen LogP contribution in [0.1, 0.15) is 5.56 Å². The van der Waals surface area contributed by atoms with Gasteiger partial charge < -0.3 is 10.4 Å². The van der Waals surface area contributed by atoms with Gasteiger partial charge in [0.2, 0.25) is 0 Å². The van der Waals surface area contributed by atoms with Crippen LogP contribution in [-0.4, -0.2) is 34.5 Å². The van der Waals surface area contributed by atoms with Crippen LogP contribution in [0.15, 0.2) is 23.9 Å². The van der Waals surface area contributed by atoms with Crippen LogP contribution in [0, 0.1) is 0 Å². The molecule has 1 aliphatic heterocycles. The number of carbonyl (C=O) groups excluding carboxylic acids is 2. The van der Waals surface area contributed by atoms with Gasteiger partial charge in [-0.1, -0.05) is 29.3 Å². The van der Waals surface area contributed by atoms with Gasteiger partial charge in [-0.2, -0.15) is 0 Å². The summed E-state index contributed by atoms with van der Waals surface area (Å²) in [5.74, 6) is -2.00. The van der Waals surface area contributed by atoms with Crippen molar-refractivity contribution in [1.29, 1.82) is 0 Å². The third-order valence-corrected chi connectivity index (χ3v) is 3.08. The molecule has 8 heteroatoms. The number of nitrogens with one attached hydrogen (secondary N) is 1. The summed E-state index contributed by atoms with van der Waals surface area (Å²) < 4.78 is 0. The molecule has 20 heavy (non-hydrogen) atoms. The lowest BCUT2D eigenvalue weighted by atomic mass is 10.2. The van der Waals surface area contributed by atoms with Crippen molar-refractivity contribution in [3.63, 3.8) is 0 Å². The molecule has 1 aliphatic rings. The van der Waals surface area contributed by atoms with Gasteiger partial charge in [0.1, 0.15) is 12.2 Å². The minimum absolute atomic E-state index is 0.0412. The molecular weight excluding hydrogens is 307 g/mol. The van der Waals surface area contributed by atoms with Gasteiger partial charge in [0.25, 0.3) is 5.91 Å². The van der Waals surface area contributed by atoms with Gasteiger partial charge in [0, 0.05) is 10.0 Å². The van der Waals surface area contributed by atoms with E-state index in [0.717, 1.165) is 0 Å². The van der Waals surface area contributed by atoms with Crippen LogP contribution < -0.4 is 5.32 Å². The van der Waals surface area contributed by atoms with E-state index in [1.807, 2.05) is 0 Å². The summed E-state index contributed by atoms with van der Waals surface area (Å²) in [4.78, 5) is 34.5. The molecule has 6 nitrogen and oxygen atoms in total. The number of carboxylic acids is 1. The molecule has 0 radical (unpaired) electrons. The quantitative estimate of drug-likeness (QED) is 0.659. The Hall–Kier alpha value is -2.05. The fourth-order valence-corrected chi connectivity index (χ4v) is 2.09. The summed E-state index contributed by atoms with van der Waals surface area (Å²) in [6, 6.07) is 3.87. The zero-order valence-corrected chi connectivity index (χ0v) is 11.4. The second-order valence-electron chi connectivity index (χ2n) is 3.94. The van der Waals surface area contributed by atoms with E-state index < -0.39 is 24.5 Å². The second-order valence-corrected chi connectivity index (χ2v) is 4.78. The summed E-state index contributed by atoms with van der Waals surface area (Å²) in [6.07, 6.45) is 1.36. The number of benzene rings is 1. The Bertz CT molecular complexity index is 642. The van der Waals surface area contributed by atoms with E-state index in [0.29, 0.717) is 20.5 Å². The molecule has 0 aliphatic carbocycles. The van der Waals surface area contributed by atoms with Crippen LogP contribution in [0.4, 0.5) is 4.79 Å². The fraction of sp³-hybridized carbons (Fsp3) is 0.0833. The molecule has 2 rings (SSSR count). The average Bonchev–Trinajstić information content (AvgIpc) is 2.60. The Kier molecular flexibility index (Phi) is 3.96. The Labute approximate surface area is 123 Å². The van der Waals surface area contributed by atoms with Gasteiger partial charge in [-0.15, -0.1) is 0 Å². The van der Waals surface area contributed by atoms with Crippen molar-refractivity contribution in [3.05, 3.63) is 39.5 Å². The number of nitrogens with zero attached hydrogens (tertiary/aromatic N) is 1. The average molecular weight is 315 g/mol. The van der Waals surface area contributed by atoms with Crippen LogP contribution in [0.2, 0.25) is 10.0 Å². The normalized spacial score (nSPS) is 16.7. The summed E-state index contributed by atoms with van der Waals surface area (Å²) in [5, 5.41) is 11.7. The smallest absolute Gasteiger partial charge is 0.329 e. The Balaban J connectivity index is 2.30. The molecule has 0 saturated carbocycles. The third-order valence-electron chi connectivity index (χ3n) is 2.52. The van der Waals surface area contributed by atoms with E-state index in [9.17, 15) is 14.4 Å². The minimum Gasteiger partial charge on any atom is -0.480 e. The van der Waals surface area contributed by atoms with Crippen LogP contribution >= 0.6 is 23.2 Å². The number of imide groups is 1. The van der Waals surface area contributed by atoms with E-state index >= 15 is 0 Å². The molecule has 1 heterocycles. The summed E-state index contributed by atoms with van der Waals surface area (Å²) in [5.41, 5.74) is 0.442. The highest BCUT2D eigenvalue weighted by Gasteiger charge is 2.34. The van der Waals surface area contributed by atoms with Crippen molar-refractivity contribution in [2.24, 2.45) is 0 Å². The predicted octanol–water partition coefficient (Wildman–Crippen LogP) is 1.97. The molecule has 1 fully saturated rings. The van der Waals surface area contributed by atoms with Gasteiger partial charge in [-0.25, -0.2) is 9.69 Å². The Morgan fingerprint density at radius 1 is 1.35 bits per heavy atom. The molecule has 0 atom stereocenters. The van der Waals surface area contributed by atoms with E-state index in [1.165, 1.54) is 12.1 Å². The highest BCUT2D eigenvalue weighted by atomic mass is 35.5. The molecule has 0 bridgehead atoms. The molecule has 1 aromatic rings. The third kappa shape index (κ3) is 2.92. The number of urea groups is 1. The molecule has 1 saturated heterocycles. The second kappa shape index (κ2) is 5.52. The van der Waals surface area contributed by atoms with E-state index in [2.05, 4.69) is 5.32 Å². The van der Waals surface area contributed by atoms with E-state index in [4.69, 9.17) is 28.3 Å². The zero-order valence-electron chi connectivity index (χ0n) is 9.89. The zero-order chi connectivity index (χ0) is 14.9. The topological polar surface area (TPSA) is 86.7 Å². The first-order chi connectivity index (χ1) is 9.38. The molecule has 0 aromatic heterocycles. The molecule has 1 aromatic carbocycles. The van der Waals surface area contributed by atoms with Gasteiger partial charge in [-0.3, -0.25) is 9.59 Å². The maximum atomic E-state index is 11.9. The number of hydrogen-bond donors (Lipinski definition) is 2. The van der Waals surface area contributed by atoms with Gasteiger partial charge >= 0.3 is 12.0 Å². The largest absolute Gasteiger partial charge is 0.480 e. The number of halogens is 2. The first-order valence-electron chi connectivity index (χ1n) is 5.40. The minimum atomic E-state index is -1.28. The molecule has 3 amide bonds. The molecule has 2 N–H and O–H groups in total.